The van der Waals surface area contributed by atoms with E-state index in [1.54, 1.807) is 4.90 Å². The Balaban J connectivity index is 1.76. The van der Waals surface area contributed by atoms with Gasteiger partial charge < -0.3 is 14.5 Å². The van der Waals surface area contributed by atoms with E-state index in [-0.39, 0.29) is 5.91 Å². The van der Waals surface area contributed by atoms with Crippen LogP contribution in [0.3, 0.4) is 0 Å². The number of morpholine rings is 1. The topological polar surface area (TPSA) is 32.8 Å². The van der Waals surface area contributed by atoms with E-state index in [9.17, 15) is 4.79 Å². The SMILES string of the molecule is CN(Cc1ccccc1N1CCOCC1)C(=O)c1cccc(Br)c1. The summed E-state index contributed by atoms with van der Waals surface area (Å²) in [5.41, 5.74) is 3.04. The highest BCUT2D eigenvalue weighted by atomic mass is 79.9. The number of hydrogen-bond donors (Lipinski definition) is 0. The van der Waals surface area contributed by atoms with E-state index in [1.165, 1.54) is 5.69 Å². The fourth-order valence-corrected chi connectivity index (χ4v) is 3.33. The molecular weight excluding hydrogens is 368 g/mol. The van der Waals surface area contributed by atoms with Crippen LogP contribution < -0.4 is 4.90 Å². The summed E-state index contributed by atoms with van der Waals surface area (Å²) >= 11 is 3.42. The zero-order valence-corrected chi connectivity index (χ0v) is 15.3. The Morgan fingerprint density at radius 1 is 1.17 bits per heavy atom. The van der Waals surface area contributed by atoms with Crippen LogP contribution >= 0.6 is 15.9 Å². The molecule has 5 heteroatoms. The third-order valence-corrected chi connectivity index (χ3v) is 4.66. The molecule has 24 heavy (non-hydrogen) atoms. The summed E-state index contributed by atoms with van der Waals surface area (Å²) in [5.74, 6) is 0.0214. The highest BCUT2D eigenvalue weighted by Gasteiger charge is 2.17. The van der Waals surface area contributed by atoms with Gasteiger partial charge in [-0.05, 0) is 29.8 Å². The summed E-state index contributed by atoms with van der Waals surface area (Å²) in [7, 11) is 1.85. The van der Waals surface area contributed by atoms with Gasteiger partial charge in [-0.3, -0.25) is 4.79 Å². The van der Waals surface area contributed by atoms with Crippen molar-refractivity contribution >= 4 is 27.5 Å². The van der Waals surface area contributed by atoms with Gasteiger partial charge in [0.15, 0.2) is 0 Å². The van der Waals surface area contributed by atoms with Gasteiger partial charge in [0.25, 0.3) is 5.91 Å². The third kappa shape index (κ3) is 3.97. The lowest BCUT2D eigenvalue weighted by Gasteiger charge is -2.31. The zero-order valence-electron chi connectivity index (χ0n) is 13.7. The molecule has 0 bridgehead atoms. The van der Waals surface area contributed by atoms with Gasteiger partial charge in [0.05, 0.1) is 13.2 Å². The number of nitrogens with zero attached hydrogens (tertiary/aromatic N) is 2. The van der Waals surface area contributed by atoms with Crippen LogP contribution in [0.1, 0.15) is 15.9 Å². The van der Waals surface area contributed by atoms with Crippen molar-refractivity contribution in [3.63, 3.8) is 0 Å². The van der Waals surface area contributed by atoms with E-state index in [0.29, 0.717) is 12.1 Å². The van der Waals surface area contributed by atoms with Crippen LogP contribution in [0.25, 0.3) is 0 Å². The molecule has 2 aromatic rings. The van der Waals surface area contributed by atoms with Crippen LogP contribution in [-0.2, 0) is 11.3 Å². The van der Waals surface area contributed by atoms with Gasteiger partial charge in [0.2, 0.25) is 0 Å². The van der Waals surface area contributed by atoms with Gasteiger partial charge in [-0.1, -0.05) is 40.2 Å². The quantitative estimate of drug-likeness (QED) is 0.802. The van der Waals surface area contributed by atoms with Gasteiger partial charge in [0.1, 0.15) is 0 Å². The molecule has 1 heterocycles. The Morgan fingerprint density at radius 2 is 1.92 bits per heavy atom. The highest BCUT2D eigenvalue weighted by Crippen LogP contribution is 2.23. The Labute approximate surface area is 151 Å². The normalized spacial score (nSPS) is 14.5. The van der Waals surface area contributed by atoms with E-state index in [1.807, 2.05) is 43.4 Å². The van der Waals surface area contributed by atoms with Crippen molar-refractivity contribution in [2.75, 3.05) is 38.3 Å². The fraction of sp³-hybridized carbons (Fsp3) is 0.316. The summed E-state index contributed by atoms with van der Waals surface area (Å²) in [5, 5.41) is 0. The number of para-hydroxylation sites is 1. The third-order valence-electron chi connectivity index (χ3n) is 4.17. The lowest BCUT2D eigenvalue weighted by atomic mass is 10.1. The second-order valence-electron chi connectivity index (χ2n) is 5.90. The largest absolute Gasteiger partial charge is 0.378 e. The molecule has 0 radical (unpaired) electrons. The standard InChI is InChI=1S/C19H21BrN2O2/c1-21(19(23)15-6-4-7-17(20)13-15)14-16-5-2-3-8-18(16)22-9-11-24-12-10-22/h2-8,13H,9-12,14H2,1H3. The van der Waals surface area contributed by atoms with Crippen LogP contribution in [0.5, 0.6) is 0 Å². The lowest BCUT2D eigenvalue weighted by Crippen LogP contribution is -2.37. The average Bonchev–Trinajstić information content (AvgIpc) is 2.62. The second kappa shape index (κ2) is 7.81. The summed E-state index contributed by atoms with van der Waals surface area (Å²) in [6, 6.07) is 15.8. The molecule has 2 aromatic carbocycles. The van der Waals surface area contributed by atoms with Crippen LogP contribution in [0.2, 0.25) is 0 Å². The van der Waals surface area contributed by atoms with Crippen molar-refractivity contribution in [3.05, 3.63) is 64.1 Å². The van der Waals surface area contributed by atoms with Crippen molar-refractivity contribution in [2.24, 2.45) is 0 Å². The first-order chi connectivity index (χ1) is 11.6. The van der Waals surface area contributed by atoms with E-state index in [2.05, 4.69) is 33.0 Å². The number of benzene rings is 2. The molecular formula is C19H21BrN2O2. The molecule has 126 valence electrons. The predicted molar refractivity (Wildman–Crippen MR) is 99.4 cm³/mol. The molecule has 1 aliphatic heterocycles. The Morgan fingerprint density at radius 3 is 2.67 bits per heavy atom. The first kappa shape index (κ1) is 17.0. The first-order valence-corrected chi connectivity index (χ1v) is 8.86. The summed E-state index contributed by atoms with van der Waals surface area (Å²) in [6.45, 7) is 3.86. The molecule has 1 amide bonds. The maximum Gasteiger partial charge on any atom is 0.253 e. The zero-order chi connectivity index (χ0) is 16.9. The van der Waals surface area contributed by atoms with Gasteiger partial charge in [-0.2, -0.15) is 0 Å². The molecule has 0 spiro atoms. The van der Waals surface area contributed by atoms with Crippen LogP contribution in [0.4, 0.5) is 5.69 Å². The van der Waals surface area contributed by atoms with E-state index in [4.69, 9.17) is 4.74 Å². The number of amides is 1. The highest BCUT2D eigenvalue weighted by molar-refractivity contribution is 9.10. The van der Waals surface area contributed by atoms with Crippen LogP contribution in [0, 0.1) is 0 Å². The summed E-state index contributed by atoms with van der Waals surface area (Å²) in [4.78, 5) is 16.8. The summed E-state index contributed by atoms with van der Waals surface area (Å²) < 4.78 is 6.35. The second-order valence-corrected chi connectivity index (χ2v) is 6.82. The molecule has 0 aromatic heterocycles. The molecule has 1 aliphatic rings. The van der Waals surface area contributed by atoms with E-state index < -0.39 is 0 Å². The van der Waals surface area contributed by atoms with Crippen molar-refractivity contribution in [1.29, 1.82) is 0 Å². The van der Waals surface area contributed by atoms with E-state index in [0.717, 1.165) is 36.3 Å². The van der Waals surface area contributed by atoms with Crippen molar-refractivity contribution in [2.45, 2.75) is 6.54 Å². The van der Waals surface area contributed by atoms with Gasteiger partial charge in [-0.25, -0.2) is 0 Å². The van der Waals surface area contributed by atoms with Crippen LogP contribution in [-0.4, -0.2) is 44.2 Å². The fourth-order valence-electron chi connectivity index (χ4n) is 2.93. The minimum absolute atomic E-state index is 0.0214. The number of rotatable bonds is 4. The van der Waals surface area contributed by atoms with Crippen molar-refractivity contribution < 1.29 is 9.53 Å². The van der Waals surface area contributed by atoms with Crippen molar-refractivity contribution in [1.82, 2.24) is 4.90 Å². The predicted octanol–water partition coefficient (Wildman–Crippen LogP) is 3.56. The number of halogens is 1. The Bertz CT molecular complexity index is 714. The molecule has 4 nitrogen and oxygen atoms in total. The van der Waals surface area contributed by atoms with E-state index >= 15 is 0 Å². The number of hydrogen-bond acceptors (Lipinski definition) is 3. The molecule has 0 N–H and O–H groups in total. The molecule has 1 fully saturated rings. The summed E-state index contributed by atoms with van der Waals surface area (Å²) in [6.07, 6.45) is 0. The minimum atomic E-state index is 0.0214. The van der Waals surface area contributed by atoms with Gasteiger partial charge >= 0.3 is 0 Å². The maximum absolute atomic E-state index is 12.7. The Hall–Kier alpha value is -1.85. The van der Waals surface area contributed by atoms with Crippen LogP contribution in [0.15, 0.2) is 53.0 Å². The maximum atomic E-state index is 12.7. The number of anilines is 1. The lowest BCUT2D eigenvalue weighted by molar-refractivity contribution is 0.0785. The minimum Gasteiger partial charge on any atom is -0.378 e. The average molecular weight is 389 g/mol. The number of carbonyl (C=O) groups excluding carboxylic acids is 1. The molecule has 1 saturated heterocycles. The monoisotopic (exact) mass is 388 g/mol. The molecule has 0 saturated carbocycles. The van der Waals surface area contributed by atoms with Gasteiger partial charge in [0, 0.05) is 42.4 Å². The van der Waals surface area contributed by atoms with Gasteiger partial charge in [-0.15, -0.1) is 0 Å². The smallest absolute Gasteiger partial charge is 0.253 e. The molecule has 0 aliphatic carbocycles. The molecule has 3 rings (SSSR count). The molecule has 0 unspecified atom stereocenters. The Kier molecular flexibility index (Phi) is 5.53. The van der Waals surface area contributed by atoms with Crippen molar-refractivity contribution in [3.8, 4) is 0 Å². The number of ether oxygens (including phenoxy) is 1. The number of carbonyl (C=O) groups is 1. The first-order valence-electron chi connectivity index (χ1n) is 8.07. The molecule has 0 atom stereocenters.